The molecular formula is C21H30N2O5S. The van der Waals surface area contributed by atoms with Crippen LogP contribution in [0, 0.1) is 5.92 Å². The lowest BCUT2D eigenvalue weighted by molar-refractivity contribution is -0.140. The summed E-state index contributed by atoms with van der Waals surface area (Å²) in [6, 6.07) is 4.63. The summed E-state index contributed by atoms with van der Waals surface area (Å²) >= 11 is 0. The molecule has 0 aromatic heterocycles. The van der Waals surface area contributed by atoms with Crippen molar-refractivity contribution in [3.8, 4) is 11.5 Å². The lowest BCUT2D eigenvalue weighted by atomic mass is 9.80. The number of ether oxygens (including phenoxy) is 2. The van der Waals surface area contributed by atoms with Crippen molar-refractivity contribution >= 4 is 15.9 Å². The Balaban J connectivity index is 1.69. The van der Waals surface area contributed by atoms with Crippen molar-refractivity contribution in [2.24, 2.45) is 5.92 Å². The first-order valence-electron chi connectivity index (χ1n) is 10.4. The second-order valence-electron chi connectivity index (χ2n) is 8.53. The lowest BCUT2D eigenvalue weighted by Gasteiger charge is -2.51. The fourth-order valence-electron chi connectivity index (χ4n) is 4.75. The summed E-state index contributed by atoms with van der Waals surface area (Å²) in [5.41, 5.74) is -0.507. The molecule has 1 heterocycles. The predicted molar refractivity (Wildman–Crippen MR) is 109 cm³/mol. The minimum absolute atomic E-state index is 0.0800. The number of hydrogen-bond donors (Lipinski definition) is 0. The monoisotopic (exact) mass is 422 g/mol. The van der Waals surface area contributed by atoms with E-state index in [0.29, 0.717) is 24.0 Å². The first-order chi connectivity index (χ1) is 13.9. The summed E-state index contributed by atoms with van der Waals surface area (Å²) in [6.45, 7) is 1.20. The van der Waals surface area contributed by atoms with Crippen LogP contribution in [0.4, 0.5) is 0 Å². The third kappa shape index (κ3) is 3.84. The Morgan fingerprint density at radius 2 is 1.76 bits per heavy atom. The van der Waals surface area contributed by atoms with Crippen LogP contribution in [0.15, 0.2) is 23.1 Å². The van der Waals surface area contributed by atoms with Crippen LogP contribution in [-0.2, 0) is 14.8 Å². The molecule has 1 saturated heterocycles. The molecule has 0 unspecified atom stereocenters. The van der Waals surface area contributed by atoms with Crippen LogP contribution >= 0.6 is 0 Å². The van der Waals surface area contributed by atoms with E-state index in [9.17, 15) is 13.2 Å². The van der Waals surface area contributed by atoms with Gasteiger partial charge in [-0.15, -0.1) is 0 Å². The molecule has 1 spiro atoms. The average molecular weight is 423 g/mol. The third-order valence-corrected chi connectivity index (χ3v) is 8.49. The van der Waals surface area contributed by atoms with Crippen molar-refractivity contribution in [1.29, 1.82) is 0 Å². The average Bonchev–Trinajstić information content (AvgIpc) is 3.54. The second-order valence-corrected chi connectivity index (χ2v) is 10.4. The topological polar surface area (TPSA) is 76.2 Å². The summed E-state index contributed by atoms with van der Waals surface area (Å²) in [5, 5.41) is 0. The number of methoxy groups -OCH3 is 2. The minimum atomic E-state index is -3.85. The normalized spacial score (nSPS) is 22.7. The van der Waals surface area contributed by atoms with Gasteiger partial charge in [0.2, 0.25) is 15.9 Å². The lowest BCUT2D eigenvalue weighted by Crippen LogP contribution is -2.66. The van der Waals surface area contributed by atoms with Crippen LogP contribution in [0.25, 0.3) is 0 Å². The first kappa shape index (κ1) is 20.5. The van der Waals surface area contributed by atoms with E-state index < -0.39 is 15.6 Å². The molecule has 2 saturated carbocycles. The smallest absolute Gasteiger partial charge is 0.244 e. The molecule has 8 heteroatoms. The quantitative estimate of drug-likeness (QED) is 0.704. The van der Waals surface area contributed by atoms with Crippen molar-refractivity contribution in [3.63, 3.8) is 0 Å². The third-order valence-electron chi connectivity index (χ3n) is 6.55. The highest BCUT2D eigenvalue weighted by Gasteiger charge is 2.51. The fourth-order valence-corrected chi connectivity index (χ4v) is 6.53. The summed E-state index contributed by atoms with van der Waals surface area (Å²) in [5.74, 6) is 1.35. The SMILES string of the molecule is COc1ccc(S(=O)(=O)N2CC(=O)N(CC3CC3)CC23CCCCC3)cc1OC. The van der Waals surface area contributed by atoms with E-state index >= 15 is 0 Å². The second kappa shape index (κ2) is 7.80. The number of carbonyl (C=O) groups is 1. The number of piperazine rings is 1. The zero-order valence-electron chi connectivity index (χ0n) is 17.2. The number of carbonyl (C=O) groups excluding carboxylic acids is 1. The van der Waals surface area contributed by atoms with Gasteiger partial charge in [-0.3, -0.25) is 4.79 Å². The summed E-state index contributed by atoms with van der Waals surface area (Å²) in [4.78, 5) is 14.9. The van der Waals surface area contributed by atoms with Crippen LogP contribution in [-0.4, -0.2) is 62.9 Å². The van der Waals surface area contributed by atoms with E-state index in [-0.39, 0.29) is 17.3 Å². The first-order valence-corrected chi connectivity index (χ1v) is 11.9. The Bertz CT molecular complexity index is 875. The highest BCUT2D eigenvalue weighted by atomic mass is 32.2. The van der Waals surface area contributed by atoms with E-state index in [2.05, 4.69) is 0 Å². The molecule has 1 aromatic rings. The van der Waals surface area contributed by atoms with E-state index in [0.717, 1.165) is 38.6 Å². The van der Waals surface area contributed by atoms with Crippen LogP contribution in [0.2, 0.25) is 0 Å². The van der Waals surface area contributed by atoms with Gasteiger partial charge in [0, 0.05) is 19.2 Å². The highest BCUT2D eigenvalue weighted by molar-refractivity contribution is 7.89. The molecule has 2 aliphatic carbocycles. The largest absolute Gasteiger partial charge is 0.493 e. The number of rotatable bonds is 6. The predicted octanol–water partition coefficient (Wildman–Crippen LogP) is 2.65. The molecule has 0 N–H and O–H groups in total. The molecule has 3 aliphatic rings. The summed E-state index contributed by atoms with van der Waals surface area (Å²) < 4.78 is 39.4. The molecule has 0 atom stereocenters. The van der Waals surface area contributed by atoms with Crippen molar-refractivity contribution in [2.75, 3.05) is 33.9 Å². The van der Waals surface area contributed by atoms with Gasteiger partial charge in [0.1, 0.15) is 0 Å². The van der Waals surface area contributed by atoms with Crippen LogP contribution in [0.1, 0.15) is 44.9 Å². The van der Waals surface area contributed by atoms with E-state index in [4.69, 9.17) is 9.47 Å². The molecule has 3 fully saturated rings. The molecule has 1 aromatic carbocycles. The maximum absolute atomic E-state index is 13.7. The van der Waals surface area contributed by atoms with Gasteiger partial charge in [0.25, 0.3) is 0 Å². The van der Waals surface area contributed by atoms with Crippen molar-refractivity contribution in [2.45, 2.75) is 55.4 Å². The van der Waals surface area contributed by atoms with Gasteiger partial charge in [0.15, 0.2) is 11.5 Å². The Hall–Kier alpha value is -1.80. The van der Waals surface area contributed by atoms with Crippen molar-refractivity contribution in [1.82, 2.24) is 9.21 Å². The fraction of sp³-hybridized carbons (Fsp3) is 0.667. The molecule has 0 bridgehead atoms. The maximum Gasteiger partial charge on any atom is 0.244 e. The van der Waals surface area contributed by atoms with E-state index in [1.807, 2.05) is 4.90 Å². The molecule has 4 rings (SSSR count). The van der Waals surface area contributed by atoms with Gasteiger partial charge in [-0.1, -0.05) is 19.3 Å². The molecule has 1 amide bonds. The Morgan fingerprint density at radius 1 is 1.07 bits per heavy atom. The molecule has 7 nitrogen and oxygen atoms in total. The van der Waals surface area contributed by atoms with Gasteiger partial charge < -0.3 is 14.4 Å². The zero-order chi connectivity index (χ0) is 20.6. The Kier molecular flexibility index (Phi) is 5.50. The van der Waals surface area contributed by atoms with E-state index in [1.54, 1.807) is 6.07 Å². The molecule has 29 heavy (non-hydrogen) atoms. The van der Waals surface area contributed by atoms with E-state index in [1.165, 1.54) is 43.5 Å². The molecule has 0 radical (unpaired) electrons. The van der Waals surface area contributed by atoms with Crippen molar-refractivity contribution < 1.29 is 22.7 Å². The van der Waals surface area contributed by atoms with Gasteiger partial charge in [-0.25, -0.2) is 8.42 Å². The van der Waals surface area contributed by atoms with Gasteiger partial charge >= 0.3 is 0 Å². The minimum Gasteiger partial charge on any atom is -0.493 e. The Labute approximate surface area is 173 Å². The highest BCUT2D eigenvalue weighted by Crippen LogP contribution is 2.42. The maximum atomic E-state index is 13.7. The molecule has 160 valence electrons. The number of nitrogens with zero attached hydrogens (tertiary/aromatic N) is 2. The number of sulfonamides is 1. The van der Waals surface area contributed by atoms with Crippen LogP contribution < -0.4 is 9.47 Å². The zero-order valence-corrected chi connectivity index (χ0v) is 18.0. The summed E-state index contributed by atoms with van der Waals surface area (Å²) in [6.07, 6.45) is 7.03. The Morgan fingerprint density at radius 3 is 2.38 bits per heavy atom. The van der Waals surface area contributed by atoms with Gasteiger partial charge in [-0.05, 0) is 43.7 Å². The van der Waals surface area contributed by atoms with Crippen LogP contribution in [0.5, 0.6) is 11.5 Å². The van der Waals surface area contributed by atoms with Gasteiger partial charge in [0.05, 0.1) is 31.2 Å². The van der Waals surface area contributed by atoms with Gasteiger partial charge in [-0.2, -0.15) is 4.31 Å². The number of amides is 1. The molecule has 1 aliphatic heterocycles. The standard InChI is InChI=1S/C21H30N2O5S/c1-27-18-9-8-17(12-19(18)28-2)29(25,26)23-14-20(24)22(13-16-6-7-16)15-21(23)10-4-3-5-11-21/h8-9,12,16H,3-7,10-11,13-15H2,1-2H3. The summed E-state index contributed by atoms with van der Waals surface area (Å²) in [7, 11) is -0.849. The number of benzene rings is 1. The molecular weight excluding hydrogens is 392 g/mol. The van der Waals surface area contributed by atoms with Crippen molar-refractivity contribution in [3.05, 3.63) is 18.2 Å². The number of hydrogen-bond acceptors (Lipinski definition) is 5. The van der Waals surface area contributed by atoms with Crippen LogP contribution in [0.3, 0.4) is 0 Å².